The lowest BCUT2D eigenvalue weighted by molar-refractivity contribution is 0.319. The smallest absolute Gasteiger partial charge is 0.106 e. The number of aromatic nitrogens is 2. The fourth-order valence-electron chi connectivity index (χ4n) is 1.75. The summed E-state index contributed by atoms with van der Waals surface area (Å²) in [4.78, 5) is 4.32. The molecule has 0 saturated carbocycles. The van der Waals surface area contributed by atoms with Crippen molar-refractivity contribution in [3.05, 3.63) is 51.5 Å². The van der Waals surface area contributed by atoms with Crippen LogP contribution in [0.15, 0.2) is 29.6 Å². The Bertz CT molecular complexity index is 615. The van der Waals surface area contributed by atoms with Gasteiger partial charge in [0.15, 0.2) is 0 Å². The highest BCUT2D eigenvalue weighted by Gasteiger charge is 2.11. The van der Waals surface area contributed by atoms with Crippen LogP contribution in [0.25, 0.3) is 0 Å². The molecule has 0 unspecified atom stereocenters. The van der Waals surface area contributed by atoms with Crippen molar-refractivity contribution < 1.29 is 5.21 Å². The average molecular weight is 298 g/mol. The van der Waals surface area contributed by atoms with Crippen LogP contribution >= 0.6 is 23.2 Å². The van der Waals surface area contributed by atoms with Gasteiger partial charge in [-0.15, -0.1) is 0 Å². The summed E-state index contributed by atoms with van der Waals surface area (Å²) in [5, 5.41) is 13.1. The Morgan fingerprint density at radius 2 is 2.00 bits per heavy atom. The molecule has 0 amide bonds. The lowest BCUT2D eigenvalue weighted by Crippen LogP contribution is -2.02. The number of aryl methyl sites for hydroxylation is 1. The summed E-state index contributed by atoms with van der Waals surface area (Å²) in [5.41, 5.74) is 1.94. The maximum atomic E-state index is 8.76. The van der Waals surface area contributed by atoms with Crippen molar-refractivity contribution in [3.63, 3.8) is 0 Å². The van der Waals surface area contributed by atoms with Crippen molar-refractivity contribution in [2.45, 2.75) is 20.4 Å². The number of halogens is 2. The second kappa shape index (κ2) is 5.63. The number of benzene rings is 1. The van der Waals surface area contributed by atoms with Crippen molar-refractivity contribution in [1.29, 1.82) is 0 Å². The third-order valence-corrected chi connectivity index (χ3v) is 3.60. The zero-order valence-corrected chi connectivity index (χ0v) is 12.1. The molecule has 0 bridgehead atoms. The van der Waals surface area contributed by atoms with Gasteiger partial charge in [-0.05, 0) is 26.0 Å². The van der Waals surface area contributed by atoms with E-state index >= 15 is 0 Å². The number of rotatable bonds is 3. The number of hydrogen-bond donors (Lipinski definition) is 1. The summed E-state index contributed by atoms with van der Waals surface area (Å²) in [6.45, 7) is 4.09. The van der Waals surface area contributed by atoms with Crippen LogP contribution in [0.3, 0.4) is 0 Å². The molecule has 1 aromatic carbocycles. The SMILES string of the molecule is CC(=NO)c1cn(Cc2c(Cl)cccc2Cl)c(C)n1. The van der Waals surface area contributed by atoms with Crippen molar-refractivity contribution in [2.24, 2.45) is 5.16 Å². The molecular weight excluding hydrogens is 285 g/mol. The lowest BCUT2D eigenvalue weighted by Gasteiger charge is -2.08. The molecule has 0 atom stereocenters. The maximum absolute atomic E-state index is 8.76. The molecule has 2 rings (SSSR count). The summed E-state index contributed by atoms with van der Waals surface area (Å²) in [5.74, 6) is 0.800. The molecule has 1 aromatic heterocycles. The van der Waals surface area contributed by atoms with E-state index < -0.39 is 0 Å². The lowest BCUT2D eigenvalue weighted by atomic mass is 10.2. The molecular formula is C13H13Cl2N3O. The fourth-order valence-corrected chi connectivity index (χ4v) is 2.26. The second-order valence-corrected chi connectivity index (χ2v) is 5.00. The molecule has 4 nitrogen and oxygen atoms in total. The van der Waals surface area contributed by atoms with Crippen LogP contribution in [0.5, 0.6) is 0 Å². The fraction of sp³-hybridized carbons (Fsp3) is 0.231. The van der Waals surface area contributed by atoms with Crippen LogP contribution < -0.4 is 0 Å². The van der Waals surface area contributed by atoms with Gasteiger partial charge in [0.2, 0.25) is 0 Å². The van der Waals surface area contributed by atoms with Crippen LogP contribution in [0.2, 0.25) is 10.0 Å². The van der Waals surface area contributed by atoms with E-state index in [0.717, 1.165) is 11.4 Å². The third kappa shape index (κ3) is 2.91. The van der Waals surface area contributed by atoms with Crippen molar-refractivity contribution in [3.8, 4) is 0 Å². The molecule has 1 N–H and O–H groups in total. The van der Waals surface area contributed by atoms with Crippen molar-refractivity contribution in [2.75, 3.05) is 0 Å². The minimum atomic E-state index is 0.465. The summed E-state index contributed by atoms with van der Waals surface area (Å²) in [6.07, 6.45) is 1.81. The molecule has 6 heteroatoms. The molecule has 0 aliphatic carbocycles. The zero-order valence-electron chi connectivity index (χ0n) is 10.6. The third-order valence-electron chi connectivity index (χ3n) is 2.89. The van der Waals surface area contributed by atoms with Gasteiger partial charge in [0, 0.05) is 21.8 Å². The quantitative estimate of drug-likeness (QED) is 0.533. The number of imidazole rings is 1. The van der Waals surface area contributed by atoms with Gasteiger partial charge >= 0.3 is 0 Å². The summed E-state index contributed by atoms with van der Waals surface area (Å²) in [6, 6.07) is 5.41. The van der Waals surface area contributed by atoms with E-state index in [2.05, 4.69) is 10.1 Å². The highest BCUT2D eigenvalue weighted by molar-refractivity contribution is 6.35. The monoisotopic (exact) mass is 297 g/mol. The Kier molecular flexibility index (Phi) is 4.12. The summed E-state index contributed by atoms with van der Waals surface area (Å²) < 4.78 is 1.91. The molecule has 0 radical (unpaired) electrons. The first-order valence-corrected chi connectivity index (χ1v) is 6.44. The Labute approximate surface area is 121 Å². The van der Waals surface area contributed by atoms with Crippen molar-refractivity contribution in [1.82, 2.24) is 9.55 Å². The van der Waals surface area contributed by atoms with Gasteiger partial charge in [0.05, 0.1) is 6.54 Å². The standard InChI is InChI=1S/C13H13Cl2N3O/c1-8(17-19)13-7-18(9(2)16-13)6-10-11(14)4-3-5-12(10)15/h3-5,7,19H,6H2,1-2H3. The van der Waals surface area contributed by atoms with Crippen LogP contribution in [0, 0.1) is 6.92 Å². The molecule has 0 aliphatic rings. The van der Waals surface area contributed by atoms with Crippen LogP contribution in [0.4, 0.5) is 0 Å². The minimum Gasteiger partial charge on any atom is -0.411 e. The van der Waals surface area contributed by atoms with Gasteiger partial charge < -0.3 is 9.77 Å². The number of hydrogen-bond acceptors (Lipinski definition) is 3. The van der Waals surface area contributed by atoms with Gasteiger partial charge in [-0.2, -0.15) is 0 Å². The number of nitrogens with zero attached hydrogens (tertiary/aromatic N) is 3. The van der Waals surface area contributed by atoms with Crippen molar-refractivity contribution >= 4 is 28.9 Å². The van der Waals surface area contributed by atoms with Gasteiger partial charge in [0.1, 0.15) is 17.2 Å². The summed E-state index contributed by atoms with van der Waals surface area (Å²) >= 11 is 12.3. The molecule has 19 heavy (non-hydrogen) atoms. The average Bonchev–Trinajstić information content (AvgIpc) is 2.74. The van der Waals surface area contributed by atoms with Crippen LogP contribution in [-0.4, -0.2) is 20.5 Å². The van der Waals surface area contributed by atoms with E-state index in [1.807, 2.05) is 23.8 Å². The Morgan fingerprint density at radius 3 is 2.58 bits per heavy atom. The molecule has 0 saturated heterocycles. The maximum Gasteiger partial charge on any atom is 0.106 e. The molecule has 100 valence electrons. The molecule has 1 heterocycles. The largest absolute Gasteiger partial charge is 0.411 e. The van der Waals surface area contributed by atoms with E-state index in [1.54, 1.807) is 19.1 Å². The van der Waals surface area contributed by atoms with E-state index in [-0.39, 0.29) is 0 Å². The molecule has 0 aliphatic heterocycles. The van der Waals surface area contributed by atoms with E-state index in [0.29, 0.717) is 28.0 Å². The highest BCUT2D eigenvalue weighted by atomic mass is 35.5. The van der Waals surface area contributed by atoms with Crippen LogP contribution in [-0.2, 0) is 6.54 Å². The topological polar surface area (TPSA) is 50.4 Å². The first-order chi connectivity index (χ1) is 9.02. The second-order valence-electron chi connectivity index (χ2n) is 4.19. The first-order valence-electron chi connectivity index (χ1n) is 5.68. The van der Waals surface area contributed by atoms with E-state index in [4.69, 9.17) is 28.4 Å². The number of oxime groups is 1. The van der Waals surface area contributed by atoms with Gasteiger partial charge in [-0.25, -0.2) is 4.98 Å². The Balaban J connectivity index is 2.37. The predicted octanol–water partition coefficient (Wildman–Crippen LogP) is 3.74. The van der Waals surface area contributed by atoms with Gasteiger partial charge in [0.25, 0.3) is 0 Å². The first kappa shape index (κ1) is 13.9. The normalized spacial score (nSPS) is 11.9. The van der Waals surface area contributed by atoms with Gasteiger partial charge in [-0.3, -0.25) is 0 Å². The molecule has 0 spiro atoms. The molecule has 0 fully saturated rings. The Hall–Kier alpha value is -1.52. The van der Waals surface area contributed by atoms with Crippen LogP contribution in [0.1, 0.15) is 24.0 Å². The predicted molar refractivity (Wildman–Crippen MR) is 76.5 cm³/mol. The van der Waals surface area contributed by atoms with E-state index in [9.17, 15) is 0 Å². The Morgan fingerprint density at radius 1 is 1.37 bits per heavy atom. The summed E-state index contributed by atoms with van der Waals surface area (Å²) in [7, 11) is 0. The minimum absolute atomic E-state index is 0.465. The highest BCUT2D eigenvalue weighted by Crippen LogP contribution is 2.25. The zero-order chi connectivity index (χ0) is 14.0. The molecule has 2 aromatic rings. The van der Waals surface area contributed by atoms with E-state index in [1.165, 1.54) is 0 Å². The van der Waals surface area contributed by atoms with Gasteiger partial charge in [-0.1, -0.05) is 34.4 Å².